The van der Waals surface area contributed by atoms with E-state index in [4.69, 9.17) is 0 Å². The summed E-state index contributed by atoms with van der Waals surface area (Å²) in [5.74, 6) is -0.118. The SMILES string of the molecule is CC/C=C\C/C=C\C/C=C\C/C=C\C/C=C\C/C=C\C/C=C\CCCCCC(=O)NC(CO)C(O)/C=C/CC/C=C/CC/C=C/CCCCCC. The number of nitrogens with one attached hydrogen (secondary N) is 1. The highest BCUT2D eigenvalue weighted by atomic mass is 16.3. The molecule has 0 aromatic heterocycles. The first-order chi connectivity index (χ1) is 25.2. The van der Waals surface area contributed by atoms with Gasteiger partial charge < -0.3 is 15.5 Å². The number of carbonyl (C=O) groups is 1. The van der Waals surface area contributed by atoms with Gasteiger partial charge in [-0.1, -0.05) is 161 Å². The van der Waals surface area contributed by atoms with Gasteiger partial charge >= 0.3 is 0 Å². The van der Waals surface area contributed by atoms with Crippen LogP contribution < -0.4 is 5.32 Å². The summed E-state index contributed by atoms with van der Waals surface area (Å²) in [5, 5.41) is 22.9. The lowest BCUT2D eigenvalue weighted by molar-refractivity contribution is -0.123. The molecule has 0 heterocycles. The summed E-state index contributed by atoms with van der Waals surface area (Å²) in [6, 6.07) is -0.671. The summed E-state index contributed by atoms with van der Waals surface area (Å²) >= 11 is 0. The van der Waals surface area contributed by atoms with Crippen LogP contribution >= 0.6 is 0 Å². The van der Waals surface area contributed by atoms with E-state index in [9.17, 15) is 15.0 Å². The number of carbonyl (C=O) groups excluding carboxylic acids is 1. The number of rotatable bonds is 34. The standard InChI is InChI=1S/C47H75NO3/c1-3-5-7-9-11-13-15-17-19-20-21-22-23-24-25-26-27-28-29-31-33-35-37-39-41-43-47(51)48-45(44-49)46(50)42-40-38-36-34-32-30-18-16-14-12-10-8-6-4-2/h5,7,11,13-14,16-17,19,21-22,24-25,27-28,31-34,40,42,45-46,49-50H,3-4,6,8-10,12,15,18,20,23,26,29-30,35-39,41,43-44H2,1-2H3,(H,48,51)/b7-5-,13-11-,16-14+,19-17-,22-21-,25-24-,28-27-,33-31-,34-32+,42-40+. The minimum atomic E-state index is -0.892. The van der Waals surface area contributed by atoms with Crippen LogP contribution in [0.15, 0.2) is 122 Å². The Bertz CT molecular complexity index is 1070. The van der Waals surface area contributed by atoms with Gasteiger partial charge in [0.2, 0.25) is 5.91 Å². The molecular formula is C47H75NO3. The van der Waals surface area contributed by atoms with Crippen LogP contribution in [0.1, 0.15) is 149 Å². The van der Waals surface area contributed by atoms with E-state index in [0.717, 1.165) is 96.3 Å². The molecule has 0 spiro atoms. The zero-order chi connectivity index (χ0) is 37.1. The average molecular weight is 702 g/mol. The Hall–Kier alpha value is -3.21. The van der Waals surface area contributed by atoms with Crippen molar-refractivity contribution in [2.45, 2.75) is 161 Å². The molecule has 4 nitrogen and oxygen atoms in total. The molecule has 0 radical (unpaired) electrons. The zero-order valence-electron chi connectivity index (χ0n) is 32.6. The van der Waals surface area contributed by atoms with Gasteiger partial charge in [0.25, 0.3) is 0 Å². The first kappa shape index (κ1) is 47.8. The van der Waals surface area contributed by atoms with Crippen molar-refractivity contribution in [1.82, 2.24) is 5.32 Å². The fourth-order valence-electron chi connectivity index (χ4n) is 5.07. The Kier molecular flexibility index (Phi) is 38.6. The normalized spacial score (nSPS) is 14.4. The minimum Gasteiger partial charge on any atom is -0.394 e. The Morgan fingerprint density at radius 3 is 1.33 bits per heavy atom. The quantitative estimate of drug-likeness (QED) is 0.0462. The molecule has 0 aromatic carbocycles. The molecule has 2 atom stereocenters. The van der Waals surface area contributed by atoms with Crippen LogP contribution in [-0.4, -0.2) is 34.9 Å². The molecule has 51 heavy (non-hydrogen) atoms. The maximum atomic E-state index is 12.3. The van der Waals surface area contributed by atoms with E-state index in [2.05, 4.69) is 129 Å². The van der Waals surface area contributed by atoms with Gasteiger partial charge in [-0.3, -0.25) is 4.79 Å². The van der Waals surface area contributed by atoms with Crippen molar-refractivity contribution in [2.75, 3.05) is 6.61 Å². The fourth-order valence-corrected chi connectivity index (χ4v) is 5.07. The summed E-state index contributed by atoms with van der Waals surface area (Å²) in [5.41, 5.74) is 0. The summed E-state index contributed by atoms with van der Waals surface area (Å²) in [7, 11) is 0. The van der Waals surface area contributed by atoms with Crippen LogP contribution in [0.5, 0.6) is 0 Å². The maximum absolute atomic E-state index is 12.3. The van der Waals surface area contributed by atoms with Crippen LogP contribution in [0, 0.1) is 0 Å². The number of allylic oxidation sites excluding steroid dienone is 19. The third-order valence-corrected chi connectivity index (χ3v) is 8.16. The number of amides is 1. The summed E-state index contributed by atoms with van der Waals surface area (Å²) in [6.07, 6.45) is 64.3. The largest absolute Gasteiger partial charge is 0.394 e. The van der Waals surface area contributed by atoms with E-state index in [1.165, 1.54) is 32.1 Å². The molecule has 0 aromatic rings. The molecule has 286 valence electrons. The molecule has 0 rings (SSSR count). The zero-order valence-corrected chi connectivity index (χ0v) is 32.6. The van der Waals surface area contributed by atoms with Crippen molar-refractivity contribution in [1.29, 1.82) is 0 Å². The second kappa shape index (κ2) is 41.2. The van der Waals surface area contributed by atoms with Gasteiger partial charge in [0.1, 0.15) is 0 Å². The monoisotopic (exact) mass is 702 g/mol. The van der Waals surface area contributed by atoms with Gasteiger partial charge in [0, 0.05) is 6.42 Å². The molecule has 3 N–H and O–H groups in total. The summed E-state index contributed by atoms with van der Waals surface area (Å²) < 4.78 is 0. The summed E-state index contributed by atoms with van der Waals surface area (Å²) in [4.78, 5) is 12.3. The van der Waals surface area contributed by atoms with E-state index in [0.29, 0.717) is 6.42 Å². The molecule has 0 aliphatic rings. The summed E-state index contributed by atoms with van der Waals surface area (Å²) in [6.45, 7) is 4.11. The van der Waals surface area contributed by atoms with Crippen molar-refractivity contribution in [2.24, 2.45) is 0 Å². The molecule has 4 heteroatoms. The average Bonchev–Trinajstić information content (AvgIpc) is 3.13. The van der Waals surface area contributed by atoms with E-state index in [1.54, 1.807) is 6.08 Å². The Balaban J connectivity index is 3.82. The van der Waals surface area contributed by atoms with Crippen LogP contribution in [0.2, 0.25) is 0 Å². The molecule has 0 aliphatic heterocycles. The third kappa shape index (κ3) is 37.9. The Morgan fingerprint density at radius 1 is 0.490 bits per heavy atom. The smallest absolute Gasteiger partial charge is 0.220 e. The molecule has 0 saturated heterocycles. The number of hydrogen-bond acceptors (Lipinski definition) is 3. The highest BCUT2D eigenvalue weighted by molar-refractivity contribution is 5.76. The van der Waals surface area contributed by atoms with Crippen LogP contribution in [-0.2, 0) is 4.79 Å². The van der Waals surface area contributed by atoms with Gasteiger partial charge in [-0.15, -0.1) is 0 Å². The van der Waals surface area contributed by atoms with E-state index >= 15 is 0 Å². The number of unbranched alkanes of at least 4 members (excludes halogenated alkanes) is 9. The maximum Gasteiger partial charge on any atom is 0.220 e. The van der Waals surface area contributed by atoms with E-state index in [-0.39, 0.29) is 12.5 Å². The molecule has 2 unspecified atom stereocenters. The van der Waals surface area contributed by atoms with Crippen molar-refractivity contribution in [3.8, 4) is 0 Å². The number of aliphatic hydroxyl groups is 2. The van der Waals surface area contributed by atoms with Crippen LogP contribution in [0.3, 0.4) is 0 Å². The second-order valence-corrected chi connectivity index (χ2v) is 12.9. The predicted octanol–water partition coefficient (Wildman–Crippen LogP) is 12.6. The molecular weight excluding hydrogens is 627 g/mol. The van der Waals surface area contributed by atoms with E-state index < -0.39 is 12.1 Å². The van der Waals surface area contributed by atoms with Gasteiger partial charge in [-0.05, 0) is 103 Å². The lowest BCUT2D eigenvalue weighted by Crippen LogP contribution is -2.45. The van der Waals surface area contributed by atoms with Crippen molar-refractivity contribution in [3.05, 3.63) is 122 Å². The molecule has 0 saturated carbocycles. The number of aliphatic hydroxyl groups excluding tert-OH is 2. The van der Waals surface area contributed by atoms with Gasteiger partial charge in [0.15, 0.2) is 0 Å². The third-order valence-electron chi connectivity index (χ3n) is 8.16. The van der Waals surface area contributed by atoms with Crippen molar-refractivity contribution in [3.63, 3.8) is 0 Å². The van der Waals surface area contributed by atoms with Crippen LogP contribution in [0.25, 0.3) is 0 Å². The Morgan fingerprint density at radius 2 is 0.882 bits per heavy atom. The highest BCUT2D eigenvalue weighted by Crippen LogP contribution is 2.07. The molecule has 0 bridgehead atoms. The lowest BCUT2D eigenvalue weighted by Gasteiger charge is -2.19. The minimum absolute atomic E-state index is 0.118. The van der Waals surface area contributed by atoms with Gasteiger partial charge in [-0.2, -0.15) is 0 Å². The van der Waals surface area contributed by atoms with Gasteiger partial charge in [-0.25, -0.2) is 0 Å². The van der Waals surface area contributed by atoms with Crippen molar-refractivity contribution >= 4 is 5.91 Å². The number of hydrogen-bond donors (Lipinski definition) is 3. The molecule has 0 fully saturated rings. The van der Waals surface area contributed by atoms with Crippen molar-refractivity contribution < 1.29 is 15.0 Å². The Labute approximate surface area is 314 Å². The fraction of sp³-hybridized carbons (Fsp3) is 0.553. The first-order valence-corrected chi connectivity index (χ1v) is 20.2. The lowest BCUT2D eigenvalue weighted by atomic mass is 10.1. The second-order valence-electron chi connectivity index (χ2n) is 12.9. The topological polar surface area (TPSA) is 69.6 Å². The highest BCUT2D eigenvalue weighted by Gasteiger charge is 2.17. The van der Waals surface area contributed by atoms with Gasteiger partial charge in [0.05, 0.1) is 18.8 Å². The molecule has 0 aliphatic carbocycles. The first-order valence-electron chi connectivity index (χ1n) is 20.2. The van der Waals surface area contributed by atoms with E-state index in [1.807, 2.05) is 6.08 Å². The molecule has 1 amide bonds. The van der Waals surface area contributed by atoms with Crippen LogP contribution in [0.4, 0.5) is 0 Å². The predicted molar refractivity (Wildman–Crippen MR) is 225 cm³/mol.